The molecule has 2 N–H and O–H groups in total. The minimum atomic E-state index is 0.489. The highest BCUT2D eigenvalue weighted by atomic mass is 32.2. The van der Waals surface area contributed by atoms with Gasteiger partial charge in [-0.15, -0.1) is 11.8 Å². The lowest BCUT2D eigenvalue weighted by Gasteiger charge is -2.02. The minimum Gasteiger partial charge on any atom is -0.384 e. The van der Waals surface area contributed by atoms with Gasteiger partial charge in [0.1, 0.15) is 16.6 Å². The first-order valence-corrected chi connectivity index (χ1v) is 7.12. The number of hydrogen-bond acceptors (Lipinski definition) is 7. The summed E-state index contributed by atoms with van der Waals surface area (Å²) in [7, 11) is 0. The van der Waals surface area contributed by atoms with Crippen molar-refractivity contribution in [3.8, 4) is 0 Å². The summed E-state index contributed by atoms with van der Waals surface area (Å²) in [5.74, 6) is 1.97. The van der Waals surface area contributed by atoms with Gasteiger partial charge >= 0.3 is 0 Å². The zero-order valence-corrected chi connectivity index (χ0v) is 11.1. The largest absolute Gasteiger partial charge is 0.384 e. The number of thioether (sulfide) groups is 2. The molecule has 0 aliphatic rings. The van der Waals surface area contributed by atoms with E-state index in [4.69, 9.17) is 10.3 Å². The van der Waals surface area contributed by atoms with Crippen LogP contribution >= 0.6 is 23.5 Å². The van der Waals surface area contributed by atoms with Crippen molar-refractivity contribution >= 4 is 29.3 Å². The number of nitrogens with two attached hydrogens (primary N) is 1. The van der Waals surface area contributed by atoms with Crippen LogP contribution in [0.25, 0.3) is 0 Å². The molecule has 0 aliphatic carbocycles. The molecule has 5 nitrogen and oxygen atoms in total. The third kappa shape index (κ3) is 3.37. The second kappa shape index (κ2) is 5.42. The number of aryl methyl sites for hydroxylation is 1. The van der Waals surface area contributed by atoms with Crippen LogP contribution in [0.5, 0.6) is 0 Å². The van der Waals surface area contributed by atoms with Crippen LogP contribution in [0, 0.1) is 6.92 Å². The first-order valence-electron chi connectivity index (χ1n) is 4.91. The van der Waals surface area contributed by atoms with E-state index < -0.39 is 0 Å². The molecule has 0 aromatic carbocycles. The number of nitrogens with zero attached hydrogens (tertiary/aromatic N) is 3. The zero-order chi connectivity index (χ0) is 12.3. The second-order valence-electron chi connectivity index (χ2n) is 3.34. The van der Waals surface area contributed by atoms with Gasteiger partial charge in [0.15, 0.2) is 5.16 Å². The van der Waals surface area contributed by atoms with E-state index in [1.807, 2.05) is 19.2 Å². The maximum absolute atomic E-state index is 5.70. The zero-order valence-electron chi connectivity index (χ0n) is 9.51. The Morgan fingerprint density at radius 2 is 2.18 bits per heavy atom. The van der Waals surface area contributed by atoms with Crippen LogP contribution in [0.3, 0.4) is 0 Å². The Hall–Kier alpha value is -1.21. The van der Waals surface area contributed by atoms with E-state index in [9.17, 15) is 0 Å². The fraction of sp³-hybridized carbons (Fsp3) is 0.300. The first-order chi connectivity index (χ1) is 8.17. The standard InChI is InChI=1S/C10H12N4OS2/c1-6-3-7(14-15-6)5-17-10-12-8(11)4-9(13-10)16-2/h3-4H,5H2,1-2H3,(H2,11,12,13). The number of nitrogen functional groups attached to an aromatic ring is 1. The summed E-state index contributed by atoms with van der Waals surface area (Å²) >= 11 is 3.04. The van der Waals surface area contributed by atoms with Crippen molar-refractivity contribution in [2.24, 2.45) is 0 Å². The Bertz CT molecular complexity index is 515. The Balaban J connectivity index is 2.05. The van der Waals surface area contributed by atoms with Crippen LogP contribution in [0.4, 0.5) is 5.82 Å². The maximum atomic E-state index is 5.70. The van der Waals surface area contributed by atoms with Crippen LogP contribution in [0.15, 0.2) is 26.8 Å². The maximum Gasteiger partial charge on any atom is 0.190 e. The second-order valence-corrected chi connectivity index (χ2v) is 5.10. The molecule has 0 saturated carbocycles. The number of hydrogen-bond donors (Lipinski definition) is 1. The van der Waals surface area contributed by atoms with Gasteiger partial charge in [0.25, 0.3) is 0 Å². The van der Waals surface area contributed by atoms with Crippen molar-refractivity contribution in [1.82, 2.24) is 15.1 Å². The molecule has 90 valence electrons. The van der Waals surface area contributed by atoms with E-state index in [0.717, 1.165) is 16.5 Å². The van der Waals surface area contributed by atoms with Crippen molar-refractivity contribution in [2.75, 3.05) is 12.0 Å². The van der Waals surface area contributed by atoms with Crippen LogP contribution < -0.4 is 5.73 Å². The molecule has 7 heteroatoms. The van der Waals surface area contributed by atoms with Gasteiger partial charge in [0.2, 0.25) is 0 Å². The lowest BCUT2D eigenvalue weighted by Crippen LogP contribution is -1.96. The minimum absolute atomic E-state index is 0.489. The Kier molecular flexibility index (Phi) is 3.90. The summed E-state index contributed by atoms with van der Waals surface area (Å²) < 4.78 is 4.99. The van der Waals surface area contributed by atoms with Gasteiger partial charge in [-0.2, -0.15) is 0 Å². The Morgan fingerprint density at radius 3 is 2.82 bits per heavy atom. The van der Waals surface area contributed by atoms with Gasteiger partial charge in [-0.1, -0.05) is 16.9 Å². The molecule has 2 rings (SSSR count). The van der Waals surface area contributed by atoms with Crippen LogP contribution in [-0.2, 0) is 5.75 Å². The predicted molar refractivity (Wildman–Crippen MR) is 69.0 cm³/mol. The SMILES string of the molecule is CSc1cc(N)nc(SCc2cc(C)on2)n1. The molecule has 0 saturated heterocycles. The molecular formula is C10H12N4OS2. The van der Waals surface area contributed by atoms with Crippen molar-refractivity contribution in [3.63, 3.8) is 0 Å². The fourth-order valence-corrected chi connectivity index (χ4v) is 2.43. The van der Waals surface area contributed by atoms with Crippen LogP contribution in [0.2, 0.25) is 0 Å². The third-order valence-corrected chi connectivity index (χ3v) is 3.45. The van der Waals surface area contributed by atoms with E-state index >= 15 is 0 Å². The summed E-state index contributed by atoms with van der Waals surface area (Å²) in [6, 6.07) is 3.66. The van der Waals surface area contributed by atoms with Crippen LogP contribution in [-0.4, -0.2) is 21.4 Å². The van der Waals surface area contributed by atoms with Crippen molar-refractivity contribution < 1.29 is 4.52 Å². The van der Waals surface area contributed by atoms with E-state index in [2.05, 4.69) is 15.1 Å². The quantitative estimate of drug-likeness (QED) is 0.518. The molecule has 0 atom stereocenters. The third-order valence-electron chi connectivity index (χ3n) is 1.94. The van der Waals surface area contributed by atoms with Crippen LogP contribution in [0.1, 0.15) is 11.5 Å². The van der Waals surface area contributed by atoms with Crippen molar-refractivity contribution in [1.29, 1.82) is 0 Å². The molecule has 0 bridgehead atoms. The summed E-state index contributed by atoms with van der Waals surface area (Å²) in [6.07, 6.45) is 1.96. The van der Waals surface area contributed by atoms with Gasteiger partial charge in [-0.25, -0.2) is 9.97 Å². The van der Waals surface area contributed by atoms with Crippen molar-refractivity contribution in [3.05, 3.63) is 23.6 Å². The lowest BCUT2D eigenvalue weighted by atomic mass is 10.4. The lowest BCUT2D eigenvalue weighted by molar-refractivity contribution is 0.393. The predicted octanol–water partition coefficient (Wildman–Crippen LogP) is 2.37. The average Bonchev–Trinajstić information content (AvgIpc) is 2.72. The molecule has 0 radical (unpaired) electrons. The molecular weight excluding hydrogens is 256 g/mol. The summed E-state index contributed by atoms with van der Waals surface area (Å²) in [6.45, 7) is 1.87. The Morgan fingerprint density at radius 1 is 1.35 bits per heavy atom. The molecule has 2 aromatic rings. The van der Waals surface area contributed by atoms with Gasteiger partial charge in [0.05, 0.1) is 5.69 Å². The normalized spacial score (nSPS) is 10.7. The molecule has 0 aliphatic heterocycles. The van der Waals surface area contributed by atoms with Gasteiger partial charge in [0, 0.05) is 17.9 Å². The van der Waals surface area contributed by atoms with Gasteiger partial charge < -0.3 is 10.3 Å². The smallest absolute Gasteiger partial charge is 0.190 e. The highest BCUT2D eigenvalue weighted by Gasteiger charge is 2.06. The van der Waals surface area contributed by atoms with E-state index in [1.54, 1.807) is 17.8 Å². The molecule has 0 spiro atoms. The Labute approximate surface area is 108 Å². The van der Waals surface area contributed by atoms with E-state index in [-0.39, 0.29) is 0 Å². The molecule has 17 heavy (non-hydrogen) atoms. The molecule has 0 amide bonds. The summed E-state index contributed by atoms with van der Waals surface area (Å²) in [5, 5.41) is 5.44. The molecule has 2 aromatic heterocycles. The fourth-order valence-electron chi connectivity index (χ4n) is 1.21. The van der Waals surface area contributed by atoms with Gasteiger partial charge in [-0.3, -0.25) is 0 Å². The molecule has 0 unspecified atom stereocenters. The van der Waals surface area contributed by atoms with E-state index in [0.29, 0.717) is 16.7 Å². The van der Waals surface area contributed by atoms with E-state index in [1.165, 1.54) is 11.8 Å². The summed E-state index contributed by atoms with van der Waals surface area (Å²) in [5.41, 5.74) is 6.58. The molecule has 0 fully saturated rings. The monoisotopic (exact) mass is 268 g/mol. The number of rotatable bonds is 4. The highest BCUT2D eigenvalue weighted by molar-refractivity contribution is 7.99. The van der Waals surface area contributed by atoms with Crippen molar-refractivity contribution in [2.45, 2.75) is 22.9 Å². The first kappa shape index (κ1) is 12.3. The topological polar surface area (TPSA) is 77.8 Å². The van der Waals surface area contributed by atoms with Gasteiger partial charge in [-0.05, 0) is 13.2 Å². The number of aromatic nitrogens is 3. The molecule has 2 heterocycles. The average molecular weight is 268 g/mol. The summed E-state index contributed by atoms with van der Waals surface area (Å²) in [4.78, 5) is 8.51. The highest BCUT2D eigenvalue weighted by Crippen LogP contribution is 2.23. The number of anilines is 1.